The summed E-state index contributed by atoms with van der Waals surface area (Å²) in [6.07, 6.45) is 4.17. The fourth-order valence-electron chi connectivity index (χ4n) is 1.81. The second kappa shape index (κ2) is 4.88. The highest BCUT2D eigenvalue weighted by atomic mass is 79.9. The summed E-state index contributed by atoms with van der Waals surface area (Å²) in [4.78, 5) is 0. The molecular weight excluding hydrogens is 318 g/mol. The molecule has 1 nitrogen and oxygen atoms in total. The number of aryl methyl sites for hydroxylation is 1. The van der Waals surface area contributed by atoms with Crippen LogP contribution in [0.4, 0.5) is 5.69 Å². The van der Waals surface area contributed by atoms with Gasteiger partial charge < -0.3 is 5.32 Å². The maximum Gasteiger partial charge on any atom is 0.0629 e. The summed E-state index contributed by atoms with van der Waals surface area (Å²) in [6, 6.07) is 4.29. The minimum Gasteiger partial charge on any atom is -0.383 e. The lowest BCUT2D eigenvalue weighted by molar-refractivity contribution is 0.333. The van der Waals surface area contributed by atoms with E-state index in [0.717, 1.165) is 21.4 Å². The molecular formula is C12H15Br2N. The molecule has 1 aromatic carbocycles. The molecule has 0 amide bonds. The summed E-state index contributed by atoms with van der Waals surface area (Å²) in [5, 5.41) is 3.52. The molecule has 1 aliphatic rings. The summed E-state index contributed by atoms with van der Waals surface area (Å²) in [6.45, 7) is 3.20. The molecule has 0 radical (unpaired) electrons. The lowest BCUT2D eigenvalue weighted by Crippen LogP contribution is -2.21. The van der Waals surface area contributed by atoms with E-state index < -0.39 is 0 Å². The van der Waals surface area contributed by atoms with E-state index in [-0.39, 0.29) is 0 Å². The van der Waals surface area contributed by atoms with E-state index >= 15 is 0 Å². The molecule has 1 aromatic rings. The Morgan fingerprint density at radius 3 is 2.33 bits per heavy atom. The van der Waals surface area contributed by atoms with E-state index in [1.807, 2.05) is 0 Å². The third kappa shape index (κ3) is 2.76. The summed E-state index contributed by atoms with van der Waals surface area (Å²) in [5.74, 6) is 0.880. The van der Waals surface area contributed by atoms with Crippen LogP contribution in [0.3, 0.4) is 0 Å². The van der Waals surface area contributed by atoms with Crippen molar-refractivity contribution in [2.75, 3.05) is 11.9 Å². The first-order chi connectivity index (χ1) is 7.16. The lowest BCUT2D eigenvalue weighted by atomic mass is 9.85. The number of nitrogens with one attached hydrogen (secondary N) is 1. The van der Waals surface area contributed by atoms with Crippen LogP contribution in [0.5, 0.6) is 0 Å². The van der Waals surface area contributed by atoms with Crippen molar-refractivity contribution in [1.29, 1.82) is 0 Å². The molecule has 3 heteroatoms. The molecule has 0 bridgehead atoms. The summed E-state index contributed by atoms with van der Waals surface area (Å²) < 4.78 is 2.29. The Morgan fingerprint density at radius 1 is 1.27 bits per heavy atom. The zero-order chi connectivity index (χ0) is 10.8. The summed E-state index contributed by atoms with van der Waals surface area (Å²) in [7, 11) is 0. The fourth-order valence-corrected chi connectivity index (χ4v) is 3.51. The second-order valence-corrected chi connectivity index (χ2v) is 5.99. The Bertz CT molecular complexity index is 336. The second-order valence-electron chi connectivity index (χ2n) is 4.28. The Morgan fingerprint density at radius 2 is 1.87 bits per heavy atom. The summed E-state index contributed by atoms with van der Waals surface area (Å²) in [5.41, 5.74) is 2.45. The highest BCUT2D eigenvalue weighted by molar-refractivity contribution is 9.11. The average molecular weight is 333 g/mol. The van der Waals surface area contributed by atoms with Crippen molar-refractivity contribution in [2.45, 2.75) is 26.2 Å². The standard InChI is InChI=1S/C12H15Br2N/c1-8-5-10(13)12(11(14)6-8)15-7-9-3-2-4-9/h5-6,9,15H,2-4,7H2,1H3. The average Bonchev–Trinajstić information content (AvgIpc) is 2.06. The molecule has 0 heterocycles. The van der Waals surface area contributed by atoms with Crippen molar-refractivity contribution in [2.24, 2.45) is 5.92 Å². The molecule has 82 valence electrons. The first-order valence-electron chi connectivity index (χ1n) is 5.36. The topological polar surface area (TPSA) is 12.0 Å². The molecule has 1 N–H and O–H groups in total. The normalized spacial score (nSPS) is 16.2. The van der Waals surface area contributed by atoms with Gasteiger partial charge in [-0.3, -0.25) is 0 Å². The van der Waals surface area contributed by atoms with Crippen molar-refractivity contribution < 1.29 is 0 Å². The van der Waals surface area contributed by atoms with Crippen molar-refractivity contribution in [3.63, 3.8) is 0 Å². The number of benzene rings is 1. The predicted molar refractivity (Wildman–Crippen MR) is 72.4 cm³/mol. The maximum atomic E-state index is 3.60. The first kappa shape index (κ1) is 11.5. The van der Waals surface area contributed by atoms with Gasteiger partial charge in [-0.05, 0) is 75.2 Å². The molecule has 1 aliphatic carbocycles. The smallest absolute Gasteiger partial charge is 0.0629 e. The number of hydrogen-bond acceptors (Lipinski definition) is 1. The van der Waals surface area contributed by atoms with Crippen molar-refractivity contribution in [3.05, 3.63) is 26.6 Å². The fraction of sp³-hybridized carbons (Fsp3) is 0.500. The van der Waals surface area contributed by atoms with Crippen LogP contribution in [0.15, 0.2) is 21.1 Å². The van der Waals surface area contributed by atoms with Crippen LogP contribution in [0, 0.1) is 12.8 Å². The minimum absolute atomic E-state index is 0.880. The van der Waals surface area contributed by atoms with Crippen LogP contribution in [0.25, 0.3) is 0 Å². The van der Waals surface area contributed by atoms with E-state index in [4.69, 9.17) is 0 Å². The van der Waals surface area contributed by atoms with Gasteiger partial charge in [-0.15, -0.1) is 0 Å². The maximum absolute atomic E-state index is 3.60. The van der Waals surface area contributed by atoms with E-state index in [0.29, 0.717) is 0 Å². The van der Waals surface area contributed by atoms with E-state index in [9.17, 15) is 0 Å². The van der Waals surface area contributed by atoms with Crippen molar-refractivity contribution in [3.8, 4) is 0 Å². The molecule has 0 spiro atoms. The minimum atomic E-state index is 0.880. The molecule has 1 fully saturated rings. The van der Waals surface area contributed by atoms with Gasteiger partial charge in [0, 0.05) is 15.5 Å². The molecule has 1 saturated carbocycles. The Labute approximate surface area is 108 Å². The van der Waals surface area contributed by atoms with Gasteiger partial charge in [-0.25, -0.2) is 0 Å². The number of anilines is 1. The predicted octanol–water partition coefficient (Wildman–Crippen LogP) is 4.73. The van der Waals surface area contributed by atoms with Gasteiger partial charge in [0.15, 0.2) is 0 Å². The lowest BCUT2D eigenvalue weighted by Gasteiger charge is -2.26. The van der Waals surface area contributed by atoms with Crippen LogP contribution in [0.1, 0.15) is 24.8 Å². The van der Waals surface area contributed by atoms with E-state index in [2.05, 4.69) is 56.2 Å². The van der Waals surface area contributed by atoms with Gasteiger partial charge in [0.1, 0.15) is 0 Å². The highest BCUT2D eigenvalue weighted by Gasteiger charge is 2.17. The van der Waals surface area contributed by atoms with Crippen LogP contribution in [-0.4, -0.2) is 6.54 Å². The van der Waals surface area contributed by atoms with Gasteiger partial charge in [0.2, 0.25) is 0 Å². The Hall–Kier alpha value is -0.0200. The zero-order valence-electron chi connectivity index (χ0n) is 8.82. The molecule has 0 saturated heterocycles. The van der Waals surface area contributed by atoms with E-state index in [1.54, 1.807) is 0 Å². The zero-order valence-corrected chi connectivity index (χ0v) is 12.0. The van der Waals surface area contributed by atoms with Crippen molar-refractivity contribution in [1.82, 2.24) is 0 Å². The highest BCUT2D eigenvalue weighted by Crippen LogP contribution is 2.34. The quantitative estimate of drug-likeness (QED) is 0.843. The first-order valence-corrected chi connectivity index (χ1v) is 6.95. The third-order valence-electron chi connectivity index (χ3n) is 2.98. The van der Waals surface area contributed by atoms with Gasteiger partial charge in [-0.1, -0.05) is 6.42 Å². The Kier molecular flexibility index (Phi) is 3.73. The van der Waals surface area contributed by atoms with Crippen LogP contribution in [-0.2, 0) is 0 Å². The molecule has 0 aromatic heterocycles. The Balaban J connectivity index is 2.05. The van der Waals surface area contributed by atoms with Crippen LogP contribution < -0.4 is 5.32 Å². The number of rotatable bonds is 3. The SMILES string of the molecule is Cc1cc(Br)c(NCC2CCC2)c(Br)c1. The third-order valence-corrected chi connectivity index (χ3v) is 4.23. The van der Waals surface area contributed by atoms with Crippen molar-refractivity contribution >= 4 is 37.5 Å². The van der Waals surface area contributed by atoms with Gasteiger partial charge >= 0.3 is 0 Å². The molecule has 2 rings (SSSR count). The van der Waals surface area contributed by atoms with Gasteiger partial charge in [0.05, 0.1) is 5.69 Å². The van der Waals surface area contributed by atoms with Crippen LogP contribution in [0.2, 0.25) is 0 Å². The largest absolute Gasteiger partial charge is 0.383 e. The monoisotopic (exact) mass is 331 g/mol. The number of halogens is 2. The van der Waals surface area contributed by atoms with Crippen LogP contribution >= 0.6 is 31.9 Å². The molecule has 0 unspecified atom stereocenters. The molecule has 0 atom stereocenters. The molecule has 15 heavy (non-hydrogen) atoms. The summed E-state index contributed by atoms with van der Waals surface area (Å²) >= 11 is 7.19. The van der Waals surface area contributed by atoms with E-state index in [1.165, 1.54) is 30.5 Å². The van der Waals surface area contributed by atoms with Gasteiger partial charge in [0.25, 0.3) is 0 Å². The van der Waals surface area contributed by atoms with Gasteiger partial charge in [-0.2, -0.15) is 0 Å². The molecule has 0 aliphatic heterocycles. The number of hydrogen-bond donors (Lipinski definition) is 1.